The van der Waals surface area contributed by atoms with Crippen molar-refractivity contribution >= 4 is 6.09 Å². The summed E-state index contributed by atoms with van der Waals surface area (Å²) in [7, 11) is 0. The zero-order valence-electron chi connectivity index (χ0n) is 8.91. The molecule has 16 heavy (non-hydrogen) atoms. The summed E-state index contributed by atoms with van der Waals surface area (Å²) in [5.41, 5.74) is 6.01. The number of nitrogens with two attached hydrogens (primary N) is 1. The van der Waals surface area contributed by atoms with Crippen molar-refractivity contribution in [3.05, 3.63) is 35.6 Å². The second-order valence-electron chi connectivity index (χ2n) is 3.27. The summed E-state index contributed by atoms with van der Waals surface area (Å²) in [4.78, 5) is 11.1. The monoisotopic (exact) mass is 226 g/mol. The molecule has 0 aliphatic heterocycles. The van der Waals surface area contributed by atoms with E-state index >= 15 is 0 Å². The second kappa shape index (κ2) is 6.79. The van der Waals surface area contributed by atoms with Crippen molar-refractivity contribution in [3.8, 4) is 0 Å². The van der Waals surface area contributed by atoms with Crippen LogP contribution in [0.4, 0.5) is 9.18 Å². The van der Waals surface area contributed by atoms with E-state index in [-0.39, 0.29) is 12.4 Å². The maximum absolute atomic E-state index is 12.6. The molecule has 0 spiro atoms. The smallest absolute Gasteiger partial charge is 0.407 e. The highest BCUT2D eigenvalue weighted by atomic mass is 19.1. The van der Waals surface area contributed by atoms with E-state index in [1.54, 1.807) is 12.1 Å². The van der Waals surface area contributed by atoms with E-state index in [0.29, 0.717) is 19.5 Å². The number of hydrogen-bond donors (Lipinski definition) is 2. The van der Waals surface area contributed by atoms with Crippen molar-refractivity contribution in [1.82, 2.24) is 5.32 Å². The Kier molecular flexibility index (Phi) is 5.28. The molecule has 1 aromatic rings. The lowest BCUT2D eigenvalue weighted by molar-refractivity contribution is 0.139. The summed E-state index contributed by atoms with van der Waals surface area (Å²) < 4.78 is 17.5. The first-order valence-electron chi connectivity index (χ1n) is 5.07. The Bertz CT molecular complexity index is 327. The molecule has 0 saturated heterocycles. The van der Waals surface area contributed by atoms with Gasteiger partial charge in [-0.15, -0.1) is 0 Å². The van der Waals surface area contributed by atoms with Crippen LogP contribution in [0.3, 0.4) is 0 Å². The van der Waals surface area contributed by atoms with Gasteiger partial charge in [0.1, 0.15) is 12.4 Å². The van der Waals surface area contributed by atoms with Crippen molar-refractivity contribution in [1.29, 1.82) is 0 Å². The Morgan fingerprint density at radius 3 is 2.69 bits per heavy atom. The van der Waals surface area contributed by atoms with Gasteiger partial charge in [0.2, 0.25) is 0 Å². The number of carbonyl (C=O) groups is 1. The molecule has 0 heterocycles. The third-order valence-corrected chi connectivity index (χ3v) is 1.93. The maximum atomic E-state index is 12.6. The van der Waals surface area contributed by atoms with Gasteiger partial charge in [0, 0.05) is 6.54 Å². The van der Waals surface area contributed by atoms with Crippen LogP contribution >= 0.6 is 0 Å². The van der Waals surface area contributed by atoms with Crippen LogP contribution in [0, 0.1) is 5.82 Å². The maximum Gasteiger partial charge on any atom is 0.407 e. The Morgan fingerprint density at radius 2 is 2.06 bits per heavy atom. The summed E-state index contributed by atoms with van der Waals surface area (Å²) in [6.07, 6.45) is 0.226. The fourth-order valence-electron chi connectivity index (χ4n) is 1.07. The van der Waals surface area contributed by atoms with E-state index in [4.69, 9.17) is 10.5 Å². The third-order valence-electron chi connectivity index (χ3n) is 1.93. The van der Waals surface area contributed by atoms with Crippen LogP contribution in [0.15, 0.2) is 24.3 Å². The number of ether oxygens (including phenoxy) is 1. The zero-order chi connectivity index (χ0) is 11.8. The standard InChI is InChI=1S/C11H15FN2O2/c12-10-4-2-9(3-5-10)8-16-11(15)14-7-1-6-13/h2-5H,1,6-8,13H2,(H,14,15). The second-order valence-corrected chi connectivity index (χ2v) is 3.27. The fraction of sp³-hybridized carbons (Fsp3) is 0.364. The SMILES string of the molecule is NCCCNC(=O)OCc1ccc(F)cc1. The van der Waals surface area contributed by atoms with Gasteiger partial charge in [0.05, 0.1) is 0 Å². The third kappa shape index (κ3) is 4.75. The van der Waals surface area contributed by atoms with Gasteiger partial charge >= 0.3 is 6.09 Å². The van der Waals surface area contributed by atoms with E-state index in [0.717, 1.165) is 5.56 Å². The number of amides is 1. The van der Waals surface area contributed by atoms with Gasteiger partial charge in [0.15, 0.2) is 0 Å². The molecule has 0 aliphatic carbocycles. The van der Waals surface area contributed by atoms with E-state index in [2.05, 4.69) is 5.32 Å². The van der Waals surface area contributed by atoms with Gasteiger partial charge in [-0.3, -0.25) is 0 Å². The first-order chi connectivity index (χ1) is 7.72. The molecule has 0 saturated carbocycles. The largest absolute Gasteiger partial charge is 0.445 e. The molecular formula is C11H15FN2O2. The molecule has 0 fully saturated rings. The highest BCUT2D eigenvalue weighted by Crippen LogP contribution is 2.03. The topological polar surface area (TPSA) is 64.3 Å². The lowest BCUT2D eigenvalue weighted by atomic mass is 10.2. The molecule has 5 heteroatoms. The molecule has 88 valence electrons. The molecular weight excluding hydrogens is 211 g/mol. The molecule has 0 aromatic heterocycles. The minimum atomic E-state index is -0.488. The predicted octanol–water partition coefficient (Wildman–Crippen LogP) is 1.40. The van der Waals surface area contributed by atoms with Crippen LogP contribution in [0.5, 0.6) is 0 Å². The average Bonchev–Trinajstić information content (AvgIpc) is 2.29. The Labute approximate surface area is 93.6 Å². The number of carbonyl (C=O) groups excluding carboxylic acids is 1. The lowest BCUT2D eigenvalue weighted by Gasteiger charge is -2.06. The van der Waals surface area contributed by atoms with Gasteiger partial charge in [-0.05, 0) is 30.7 Å². The van der Waals surface area contributed by atoms with Gasteiger partial charge in [-0.1, -0.05) is 12.1 Å². The molecule has 3 N–H and O–H groups in total. The van der Waals surface area contributed by atoms with Gasteiger partial charge in [-0.25, -0.2) is 9.18 Å². The number of alkyl carbamates (subject to hydrolysis) is 1. The summed E-state index contributed by atoms with van der Waals surface area (Å²) in [6, 6.07) is 5.79. The quantitative estimate of drug-likeness (QED) is 0.746. The van der Waals surface area contributed by atoms with E-state index in [1.165, 1.54) is 12.1 Å². The number of halogens is 1. The van der Waals surface area contributed by atoms with E-state index in [1.807, 2.05) is 0 Å². The molecule has 1 aromatic carbocycles. The summed E-state index contributed by atoms with van der Waals surface area (Å²) in [6.45, 7) is 1.16. The molecule has 0 radical (unpaired) electrons. The Hall–Kier alpha value is -1.62. The van der Waals surface area contributed by atoms with Crippen LogP contribution < -0.4 is 11.1 Å². The van der Waals surface area contributed by atoms with Crippen molar-refractivity contribution in [2.75, 3.05) is 13.1 Å². The van der Waals surface area contributed by atoms with E-state index < -0.39 is 6.09 Å². The number of hydrogen-bond acceptors (Lipinski definition) is 3. The van der Waals surface area contributed by atoms with Crippen molar-refractivity contribution in [2.45, 2.75) is 13.0 Å². The summed E-state index contributed by atoms with van der Waals surface area (Å²) in [5.74, 6) is -0.309. The first kappa shape index (κ1) is 12.4. The molecule has 1 amide bonds. The molecule has 0 aliphatic rings. The van der Waals surface area contributed by atoms with Crippen LogP contribution in [-0.4, -0.2) is 19.2 Å². The molecule has 0 bridgehead atoms. The Balaban J connectivity index is 2.23. The fourth-order valence-corrected chi connectivity index (χ4v) is 1.07. The van der Waals surface area contributed by atoms with Gasteiger partial charge in [0.25, 0.3) is 0 Å². The summed E-state index contributed by atoms with van der Waals surface area (Å²) in [5, 5.41) is 2.55. The van der Waals surface area contributed by atoms with Crippen LogP contribution in [0.2, 0.25) is 0 Å². The highest BCUT2D eigenvalue weighted by Gasteiger charge is 2.01. The van der Waals surface area contributed by atoms with Crippen LogP contribution in [-0.2, 0) is 11.3 Å². The molecule has 4 nitrogen and oxygen atoms in total. The predicted molar refractivity (Wildman–Crippen MR) is 58.3 cm³/mol. The van der Waals surface area contributed by atoms with Crippen LogP contribution in [0.25, 0.3) is 0 Å². The number of nitrogens with one attached hydrogen (secondary N) is 1. The first-order valence-corrected chi connectivity index (χ1v) is 5.07. The van der Waals surface area contributed by atoms with Crippen LogP contribution in [0.1, 0.15) is 12.0 Å². The average molecular weight is 226 g/mol. The lowest BCUT2D eigenvalue weighted by Crippen LogP contribution is -2.26. The number of rotatable bonds is 5. The van der Waals surface area contributed by atoms with E-state index in [9.17, 15) is 9.18 Å². The minimum absolute atomic E-state index is 0.134. The van der Waals surface area contributed by atoms with Gasteiger partial charge < -0.3 is 15.8 Å². The number of benzene rings is 1. The van der Waals surface area contributed by atoms with Crippen molar-refractivity contribution < 1.29 is 13.9 Å². The molecule has 0 atom stereocenters. The molecule has 1 rings (SSSR count). The zero-order valence-corrected chi connectivity index (χ0v) is 8.91. The normalized spacial score (nSPS) is 9.88. The summed E-state index contributed by atoms with van der Waals surface area (Å²) >= 11 is 0. The Morgan fingerprint density at radius 1 is 1.38 bits per heavy atom. The minimum Gasteiger partial charge on any atom is -0.445 e. The van der Waals surface area contributed by atoms with Crippen molar-refractivity contribution in [2.24, 2.45) is 5.73 Å². The molecule has 0 unspecified atom stereocenters. The van der Waals surface area contributed by atoms with Crippen molar-refractivity contribution in [3.63, 3.8) is 0 Å². The highest BCUT2D eigenvalue weighted by molar-refractivity contribution is 5.67. The van der Waals surface area contributed by atoms with Gasteiger partial charge in [-0.2, -0.15) is 0 Å².